The molecule has 0 spiro atoms. The van der Waals surface area contributed by atoms with Gasteiger partial charge in [-0.3, -0.25) is 4.98 Å². The van der Waals surface area contributed by atoms with Gasteiger partial charge in [0.05, 0.1) is 5.69 Å². The first-order chi connectivity index (χ1) is 10.3. The van der Waals surface area contributed by atoms with Gasteiger partial charge in [0.25, 0.3) is 0 Å². The number of aromatic nitrogens is 3. The number of hydrogen-bond acceptors (Lipinski definition) is 2. The number of aromatic hydroxyl groups is 1. The summed E-state index contributed by atoms with van der Waals surface area (Å²) in [5.41, 5.74) is 5.92. The van der Waals surface area contributed by atoms with E-state index < -0.39 is 0 Å². The van der Waals surface area contributed by atoms with Gasteiger partial charge in [-0.15, -0.1) is 0 Å². The van der Waals surface area contributed by atoms with E-state index in [0.29, 0.717) is 12.1 Å². The number of H-pyrrole nitrogens is 2. The van der Waals surface area contributed by atoms with Crippen molar-refractivity contribution in [3.8, 4) is 5.75 Å². The van der Waals surface area contributed by atoms with Crippen LogP contribution in [0.2, 0.25) is 0 Å². The van der Waals surface area contributed by atoms with Crippen LogP contribution >= 0.6 is 0 Å². The molecule has 4 rings (SSSR count). The van der Waals surface area contributed by atoms with Crippen LogP contribution in [-0.4, -0.2) is 20.1 Å². The van der Waals surface area contributed by atoms with E-state index in [9.17, 15) is 5.11 Å². The second-order valence-corrected chi connectivity index (χ2v) is 5.33. The van der Waals surface area contributed by atoms with E-state index in [-0.39, 0.29) is 5.75 Å². The third-order valence-corrected chi connectivity index (χ3v) is 3.72. The van der Waals surface area contributed by atoms with Crippen molar-refractivity contribution in [1.29, 1.82) is 0 Å². The first kappa shape index (κ1) is 12.0. The molecule has 0 fully saturated rings. The minimum absolute atomic E-state index is 0.243. The average Bonchev–Trinajstić information content (AvgIpc) is 3.09. The van der Waals surface area contributed by atoms with Crippen molar-refractivity contribution < 1.29 is 5.11 Å². The van der Waals surface area contributed by atoms with Crippen molar-refractivity contribution >= 4 is 12.2 Å². The zero-order valence-electron chi connectivity index (χ0n) is 11.4. The zero-order chi connectivity index (χ0) is 14.2. The van der Waals surface area contributed by atoms with Crippen molar-refractivity contribution in [3.63, 3.8) is 0 Å². The third-order valence-electron chi connectivity index (χ3n) is 3.72. The zero-order valence-corrected chi connectivity index (χ0v) is 11.4. The highest BCUT2D eigenvalue weighted by Crippen LogP contribution is 2.21. The molecular weight excluding hydrogens is 262 g/mol. The monoisotopic (exact) mass is 277 g/mol. The maximum absolute atomic E-state index is 10.00. The van der Waals surface area contributed by atoms with Gasteiger partial charge in [-0.25, -0.2) is 0 Å². The molecular formula is C17H15N3O. The number of pyridine rings is 1. The lowest BCUT2D eigenvalue weighted by Crippen LogP contribution is -1.99. The first-order valence-corrected chi connectivity index (χ1v) is 6.98. The molecule has 0 saturated carbocycles. The summed E-state index contributed by atoms with van der Waals surface area (Å²) in [5, 5.41) is 10.00. The second kappa shape index (κ2) is 4.66. The van der Waals surface area contributed by atoms with Crippen LogP contribution in [0.5, 0.6) is 5.75 Å². The van der Waals surface area contributed by atoms with Crippen LogP contribution in [0, 0.1) is 0 Å². The van der Waals surface area contributed by atoms with E-state index in [1.165, 1.54) is 0 Å². The Morgan fingerprint density at radius 3 is 2.19 bits per heavy atom. The minimum Gasteiger partial charge on any atom is -0.506 e. The fraction of sp³-hybridized carbons (Fsp3) is 0.118. The summed E-state index contributed by atoms with van der Waals surface area (Å²) in [5.74, 6) is 0.243. The van der Waals surface area contributed by atoms with Gasteiger partial charge < -0.3 is 15.1 Å². The van der Waals surface area contributed by atoms with Crippen molar-refractivity contribution in [1.82, 2.24) is 15.0 Å². The summed E-state index contributed by atoms with van der Waals surface area (Å²) < 4.78 is 0. The fourth-order valence-corrected chi connectivity index (χ4v) is 2.64. The van der Waals surface area contributed by atoms with Crippen molar-refractivity contribution in [3.05, 3.63) is 70.6 Å². The smallest absolute Gasteiger partial charge is 0.137 e. The van der Waals surface area contributed by atoms with Crippen LogP contribution in [0.1, 0.15) is 34.2 Å². The Labute approximate surface area is 122 Å². The highest BCUT2D eigenvalue weighted by molar-refractivity contribution is 5.66. The molecule has 0 aliphatic carbocycles. The Balaban J connectivity index is 1.86. The molecule has 4 heteroatoms. The molecule has 0 atom stereocenters. The predicted molar refractivity (Wildman–Crippen MR) is 82.0 cm³/mol. The van der Waals surface area contributed by atoms with Gasteiger partial charge in [0.15, 0.2) is 0 Å². The summed E-state index contributed by atoms with van der Waals surface area (Å²) in [6, 6.07) is 11.8. The second-order valence-electron chi connectivity index (χ2n) is 5.33. The fourth-order valence-electron chi connectivity index (χ4n) is 2.64. The van der Waals surface area contributed by atoms with Gasteiger partial charge in [-0.1, -0.05) is 0 Å². The normalized spacial score (nSPS) is 14.9. The van der Waals surface area contributed by atoms with Gasteiger partial charge in [0.2, 0.25) is 0 Å². The number of hydrogen-bond donors (Lipinski definition) is 3. The van der Waals surface area contributed by atoms with Gasteiger partial charge in [0.1, 0.15) is 5.75 Å². The number of rotatable bonds is 0. The summed E-state index contributed by atoms with van der Waals surface area (Å²) >= 11 is 0. The summed E-state index contributed by atoms with van der Waals surface area (Å²) in [7, 11) is 0. The number of nitrogens with zero attached hydrogens (tertiary/aromatic N) is 1. The maximum atomic E-state index is 10.00. The Kier molecular flexibility index (Phi) is 2.67. The van der Waals surface area contributed by atoms with Gasteiger partial charge >= 0.3 is 0 Å². The average molecular weight is 277 g/mol. The van der Waals surface area contributed by atoms with E-state index in [1.807, 2.05) is 24.3 Å². The van der Waals surface area contributed by atoms with Crippen LogP contribution in [0.25, 0.3) is 12.2 Å². The molecule has 4 nitrogen and oxygen atoms in total. The molecule has 0 radical (unpaired) electrons. The molecule has 4 heterocycles. The molecule has 104 valence electrons. The molecule has 3 aromatic heterocycles. The molecule has 6 bridgehead atoms. The Hall–Kier alpha value is -2.75. The lowest BCUT2D eigenvalue weighted by Gasteiger charge is -2.06. The van der Waals surface area contributed by atoms with E-state index in [0.717, 1.165) is 34.9 Å². The molecule has 3 aromatic rings. The van der Waals surface area contributed by atoms with Crippen molar-refractivity contribution in [2.45, 2.75) is 12.8 Å². The minimum atomic E-state index is 0.243. The number of fused-ring (bicyclic) bond motifs is 6. The molecule has 1 aliphatic rings. The number of aromatic amines is 2. The Morgan fingerprint density at radius 1 is 0.810 bits per heavy atom. The predicted octanol–water partition coefficient (Wildman–Crippen LogP) is 3.11. The SMILES string of the molecule is Oc1ccc2nc1Cc1ccc([nH]1)/C=C\c1ccc([nH]1)C2. The van der Waals surface area contributed by atoms with E-state index in [1.54, 1.807) is 6.07 Å². The lowest BCUT2D eigenvalue weighted by molar-refractivity contribution is 0.464. The molecule has 0 unspecified atom stereocenters. The Bertz CT molecular complexity index is 826. The van der Waals surface area contributed by atoms with E-state index in [4.69, 9.17) is 0 Å². The van der Waals surface area contributed by atoms with Crippen LogP contribution in [0.3, 0.4) is 0 Å². The molecule has 0 saturated heterocycles. The third kappa shape index (κ3) is 2.36. The standard InChI is InChI=1S/C17H15N3O/c21-17-8-7-14-9-13-5-3-11(18-13)1-2-12-4-6-15(19-12)10-16(17)20-14/h1-8,18-19,21H,9-10H2/b2-1-. The van der Waals surface area contributed by atoms with Crippen molar-refractivity contribution in [2.24, 2.45) is 0 Å². The van der Waals surface area contributed by atoms with E-state index >= 15 is 0 Å². The number of nitrogens with one attached hydrogen (secondary N) is 2. The topological polar surface area (TPSA) is 64.7 Å². The van der Waals surface area contributed by atoms with Gasteiger partial charge in [-0.2, -0.15) is 0 Å². The summed E-state index contributed by atoms with van der Waals surface area (Å²) in [4.78, 5) is 11.3. The molecule has 21 heavy (non-hydrogen) atoms. The quantitative estimate of drug-likeness (QED) is 0.462. The van der Waals surface area contributed by atoms with Gasteiger partial charge in [0, 0.05) is 41.3 Å². The highest BCUT2D eigenvalue weighted by atomic mass is 16.3. The molecule has 0 aromatic carbocycles. The molecule has 1 aliphatic heterocycles. The lowest BCUT2D eigenvalue weighted by atomic mass is 10.1. The van der Waals surface area contributed by atoms with Crippen LogP contribution in [0.4, 0.5) is 0 Å². The van der Waals surface area contributed by atoms with Crippen molar-refractivity contribution in [2.75, 3.05) is 0 Å². The van der Waals surface area contributed by atoms with Gasteiger partial charge in [-0.05, 0) is 48.6 Å². The van der Waals surface area contributed by atoms with Crippen LogP contribution < -0.4 is 0 Å². The van der Waals surface area contributed by atoms with E-state index in [2.05, 4.69) is 33.2 Å². The van der Waals surface area contributed by atoms with Crippen LogP contribution in [-0.2, 0) is 12.8 Å². The van der Waals surface area contributed by atoms with Crippen LogP contribution in [0.15, 0.2) is 36.4 Å². The largest absolute Gasteiger partial charge is 0.506 e. The highest BCUT2D eigenvalue weighted by Gasteiger charge is 2.09. The first-order valence-electron chi connectivity index (χ1n) is 6.98. The summed E-state index contributed by atoms with van der Waals surface area (Å²) in [6.07, 6.45) is 5.43. The molecule has 0 amide bonds. The Morgan fingerprint density at radius 2 is 1.48 bits per heavy atom. The molecule has 3 N–H and O–H groups in total. The summed E-state index contributed by atoms with van der Waals surface area (Å²) in [6.45, 7) is 0. The maximum Gasteiger partial charge on any atom is 0.137 e.